The highest BCUT2D eigenvalue weighted by Gasteiger charge is 2.10. The minimum Gasteiger partial charge on any atom is -0.329 e. The number of benzene rings is 1. The molecule has 0 bridgehead atoms. The number of hydrogen-bond donors (Lipinski definition) is 1. The Hall–Kier alpha value is -0.910. The molecule has 17 heavy (non-hydrogen) atoms. The summed E-state index contributed by atoms with van der Waals surface area (Å²) in [5.41, 5.74) is 6.55. The number of rotatable bonds is 6. The molecule has 2 N–H and O–H groups in total. The van der Waals surface area contributed by atoms with E-state index in [-0.39, 0.29) is 5.75 Å². The summed E-state index contributed by atoms with van der Waals surface area (Å²) in [6.07, 6.45) is 0. The standard InChI is InChI=1S/C12H20N2O2S/c1-3-17(15,16)12-6-4-11(5-7-12)10-14(2)9-8-13/h4-7H,3,8-10,13H2,1-2H3. The van der Waals surface area contributed by atoms with Crippen LogP contribution in [-0.2, 0) is 16.4 Å². The average Bonchev–Trinajstić information content (AvgIpc) is 2.30. The molecule has 0 heterocycles. The maximum atomic E-state index is 11.6. The molecule has 0 saturated heterocycles. The predicted molar refractivity (Wildman–Crippen MR) is 69.6 cm³/mol. The van der Waals surface area contributed by atoms with Gasteiger partial charge in [-0.25, -0.2) is 8.42 Å². The van der Waals surface area contributed by atoms with E-state index in [1.807, 2.05) is 19.2 Å². The Kier molecular flexibility index (Phi) is 5.11. The lowest BCUT2D eigenvalue weighted by molar-refractivity contribution is 0.336. The number of sulfone groups is 1. The maximum Gasteiger partial charge on any atom is 0.178 e. The van der Waals surface area contributed by atoms with Crippen LogP contribution in [0.1, 0.15) is 12.5 Å². The van der Waals surface area contributed by atoms with Crippen molar-refractivity contribution in [2.75, 3.05) is 25.9 Å². The van der Waals surface area contributed by atoms with Crippen LogP contribution in [-0.4, -0.2) is 39.2 Å². The quantitative estimate of drug-likeness (QED) is 0.820. The van der Waals surface area contributed by atoms with E-state index in [4.69, 9.17) is 5.73 Å². The minimum absolute atomic E-state index is 0.138. The van der Waals surface area contributed by atoms with Crippen LogP contribution in [0.25, 0.3) is 0 Å². The molecule has 0 fully saturated rings. The SMILES string of the molecule is CCS(=O)(=O)c1ccc(CN(C)CCN)cc1. The van der Waals surface area contributed by atoms with Crippen LogP contribution in [0, 0.1) is 0 Å². The molecule has 5 heteroatoms. The molecule has 0 saturated carbocycles. The molecule has 0 aliphatic carbocycles. The van der Waals surface area contributed by atoms with Crippen LogP contribution in [0.3, 0.4) is 0 Å². The summed E-state index contributed by atoms with van der Waals surface area (Å²) in [6, 6.07) is 7.06. The lowest BCUT2D eigenvalue weighted by Gasteiger charge is -2.15. The van der Waals surface area contributed by atoms with E-state index in [0.717, 1.165) is 18.7 Å². The van der Waals surface area contributed by atoms with Crippen molar-refractivity contribution in [3.63, 3.8) is 0 Å². The molecule has 0 unspecified atom stereocenters. The van der Waals surface area contributed by atoms with Crippen molar-refractivity contribution in [2.45, 2.75) is 18.4 Å². The average molecular weight is 256 g/mol. The van der Waals surface area contributed by atoms with Gasteiger partial charge in [-0.3, -0.25) is 0 Å². The minimum atomic E-state index is -3.09. The Morgan fingerprint density at radius 3 is 2.29 bits per heavy atom. The van der Waals surface area contributed by atoms with E-state index in [1.165, 1.54) is 0 Å². The summed E-state index contributed by atoms with van der Waals surface area (Å²) in [5, 5.41) is 0. The number of likely N-dealkylation sites (N-methyl/N-ethyl adjacent to an activating group) is 1. The molecule has 0 aromatic heterocycles. The molecular formula is C12H20N2O2S. The van der Waals surface area contributed by atoms with Crippen molar-refractivity contribution in [1.82, 2.24) is 4.90 Å². The van der Waals surface area contributed by atoms with Gasteiger partial charge in [0.05, 0.1) is 10.6 Å². The van der Waals surface area contributed by atoms with Crippen molar-refractivity contribution in [2.24, 2.45) is 5.73 Å². The summed E-state index contributed by atoms with van der Waals surface area (Å²) in [7, 11) is -1.10. The highest BCUT2D eigenvalue weighted by atomic mass is 32.2. The number of nitrogens with zero attached hydrogens (tertiary/aromatic N) is 1. The molecule has 1 aromatic carbocycles. The predicted octanol–water partition coefficient (Wildman–Crippen LogP) is 0.871. The second-order valence-corrected chi connectivity index (χ2v) is 6.35. The van der Waals surface area contributed by atoms with Crippen LogP contribution in [0.4, 0.5) is 0 Å². The molecule has 1 aromatic rings. The van der Waals surface area contributed by atoms with E-state index in [9.17, 15) is 8.42 Å². The van der Waals surface area contributed by atoms with Crippen molar-refractivity contribution < 1.29 is 8.42 Å². The van der Waals surface area contributed by atoms with Crippen LogP contribution in [0.2, 0.25) is 0 Å². The molecule has 0 amide bonds. The zero-order chi connectivity index (χ0) is 12.9. The summed E-state index contributed by atoms with van der Waals surface area (Å²) in [6.45, 7) is 3.88. The van der Waals surface area contributed by atoms with Gasteiger partial charge in [-0.05, 0) is 24.7 Å². The van der Waals surface area contributed by atoms with Gasteiger partial charge in [-0.2, -0.15) is 0 Å². The summed E-state index contributed by atoms with van der Waals surface area (Å²) in [5.74, 6) is 0.138. The molecule has 0 spiro atoms. The first-order valence-corrected chi connectivity index (χ1v) is 7.35. The number of hydrogen-bond acceptors (Lipinski definition) is 4. The Morgan fingerprint density at radius 1 is 1.24 bits per heavy atom. The zero-order valence-corrected chi connectivity index (χ0v) is 11.2. The lowest BCUT2D eigenvalue weighted by Crippen LogP contribution is -2.24. The normalized spacial score (nSPS) is 12.0. The fourth-order valence-electron chi connectivity index (χ4n) is 1.58. The van der Waals surface area contributed by atoms with Crippen molar-refractivity contribution in [1.29, 1.82) is 0 Å². The Labute approximate surface area is 103 Å². The highest BCUT2D eigenvalue weighted by molar-refractivity contribution is 7.91. The van der Waals surface area contributed by atoms with Gasteiger partial charge in [-0.15, -0.1) is 0 Å². The second kappa shape index (κ2) is 6.14. The number of nitrogens with two attached hydrogens (primary N) is 1. The van der Waals surface area contributed by atoms with Gasteiger partial charge in [0.15, 0.2) is 9.84 Å². The lowest BCUT2D eigenvalue weighted by atomic mass is 10.2. The second-order valence-electron chi connectivity index (χ2n) is 4.07. The molecule has 1 rings (SSSR count). The first kappa shape index (κ1) is 14.2. The van der Waals surface area contributed by atoms with Gasteiger partial charge in [-0.1, -0.05) is 19.1 Å². The fraction of sp³-hybridized carbons (Fsp3) is 0.500. The van der Waals surface area contributed by atoms with Crippen molar-refractivity contribution >= 4 is 9.84 Å². The largest absolute Gasteiger partial charge is 0.329 e. The Balaban J connectivity index is 2.75. The van der Waals surface area contributed by atoms with E-state index < -0.39 is 9.84 Å². The molecule has 0 radical (unpaired) electrons. The molecule has 0 aliphatic rings. The smallest absolute Gasteiger partial charge is 0.178 e. The molecule has 96 valence electrons. The third kappa shape index (κ3) is 4.11. The van der Waals surface area contributed by atoms with E-state index in [1.54, 1.807) is 19.1 Å². The molecule has 4 nitrogen and oxygen atoms in total. The summed E-state index contributed by atoms with van der Waals surface area (Å²) >= 11 is 0. The van der Waals surface area contributed by atoms with E-state index in [2.05, 4.69) is 4.90 Å². The monoisotopic (exact) mass is 256 g/mol. The first-order chi connectivity index (χ1) is 7.99. The third-order valence-corrected chi connectivity index (χ3v) is 4.38. The van der Waals surface area contributed by atoms with Crippen molar-refractivity contribution in [3.05, 3.63) is 29.8 Å². The Morgan fingerprint density at radius 2 is 1.82 bits per heavy atom. The van der Waals surface area contributed by atoms with Gasteiger partial charge < -0.3 is 10.6 Å². The van der Waals surface area contributed by atoms with E-state index in [0.29, 0.717) is 11.4 Å². The van der Waals surface area contributed by atoms with Gasteiger partial charge >= 0.3 is 0 Å². The van der Waals surface area contributed by atoms with Crippen LogP contribution in [0.5, 0.6) is 0 Å². The van der Waals surface area contributed by atoms with Gasteiger partial charge in [0, 0.05) is 19.6 Å². The van der Waals surface area contributed by atoms with Crippen LogP contribution >= 0.6 is 0 Å². The summed E-state index contributed by atoms with van der Waals surface area (Å²) in [4.78, 5) is 2.49. The Bertz CT molecular complexity index is 440. The van der Waals surface area contributed by atoms with Gasteiger partial charge in [0.25, 0.3) is 0 Å². The van der Waals surface area contributed by atoms with Crippen LogP contribution in [0.15, 0.2) is 29.2 Å². The molecular weight excluding hydrogens is 236 g/mol. The maximum absolute atomic E-state index is 11.6. The summed E-state index contributed by atoms with van der Waals surface area (Å²) < 4.78 is 23.2. The van der Waals surface area contributed by atoms with Crippen LogP contribution < -0.4 is 5.73 Å². The topological polar surface area (TPSA) is 63.4 Å². The molecule has 0 atom stereocenters. The molecule has 0 aliphatic heterocycles. The third-order valence-electron chi connectivity index (χ3n) is 2.63. The zero-order valence-electron chi connectivity index (χ0n) is 10.4. The van der Waals surface area contributed by atoms with Crippen molar-refractivity contribution in [3.8, 4) is 0 Å². The van der Waals surface area contributed by atoms with Gasteiger partial charge in [0.1, 0.15) is 0 Å². The highest BCUT2D eigenvalue weighted by Crippen LogP contribution is 2.13. The fourth-order valence-corrected chi connectivity index (χ4v) is 2.46. The van der Waals surface area contributed by atoms with E-state index >= 15 is 0 Å². The van der Waals surface area contributed by atoms with Gasteiger partial charge in [0.2, 0.25) is 0 Å². The first-order valence-electron chi connectivity index (χ1n) is 5.70.